The first-order chi connectivity index (χ1) is 14.5. The molecule has 11 nitrogen and oxygen atoms in total. The van der Waals surface area contributed by atoms with Crippen molar-refractivity contribution in [3.8, 4) is 0 Å². The first-order valence-electron chi connectivity index (χ1n) is 9.41. The number of ether oxygens (including phenoxy) is 1. The number of nitrogens with one attached hydrogen (secondary N) is 1. The van der Waals surface area contributed by atoms with E-state index >= 15 is 0 Å². The van der Waals surface area contributed by atoms with E-state index in [4.69, 9.17) is 10.5 Å². The summed E-state index contributed by atoms with van der Waals surface area (Å²) in [6.07, 6.45) is -3.89. The second kappa shape index (κ2) is 8.32. The minimum atomic E-state index is -1.68. The molecule has 0 radical (unpaired) electrons. The normalized spacial score (nSPS) is 24.8. The predicted molar refractivity (Wildman–Crippen MR) is 105 cm³/mol. The fourth-order valence-corrected chi connectivity index (χ4v) is 3.46. The van der Waals surface area contributed by atoms with E-state index in [1.165, 1.54) is 17.2 Å². The SMILES string of the molecule is Nc1ncnc2c1ncn2[C@@H]1O[C@H](C(O)C(=O)NCCc2ccccc2)[C@@H](O)[C@H]1O. The van der Waals surface area contributed by atoms with Crippen molar-refractivity contribution in [1.82, 2.24) is 24.8 Å². The van der Waals surface area contributed by atoms with Gasteiger partial charge in [-0.1, -0.05) is 30.3 Å². The summed E-state index contributed by atoms with van der Waals surface area (Å²) in [6.45, 7) is 0.303. The topological polar surface area (TPSA) is 169 Å². The highest BCUT2D eigenvalue weighted by Crippen LogP contribution is 2.33. The summed E-state index contributed by atoms with van der Waals surface area (Å²) in [4.78, 5) is 24.3. The lowest BCUT2D eigenvalue weighted by atomic mass is 10.0. The molecule has 0 saturated carbocycles. The number of benzene rings is 1. The average molecular weight is 414 g/mol. The first-order valence-corrected chi connectivity index (χ1v) is 9.41. The van der Waals surface area contributed by atoms with Gasteiger partial charge in [0.1, 0.15) is 30.2 Å². The fourth-order valence-electron chi connectivity index (χ4n) is 3.46. The molecular weight excluding hydrogens is 392 g/mol. The van der Waals surface area contributed by atoms with Crippen molar-refractivity contribution in [2.75, 3.05) is 12.3 Å². The summed E-state index contributed by atoms with van der Waals surface area (Å²) in [6, 6.07) is 9.55. The summed E-state index contributed by atoms with van der Waals surface area (Å²) in [5.41, 5.74) is 7.40. The number of hydrogen-bond acceptors (Lipinski definition) is 9. The number of nitrogens with zero attached hydrogens (tertiary/aromatic N) is 4. The van der Waals surface area contributed by atoms with Gasteiger partial charge in [0.2, 0.25) is 0 Å². The van der Waals surface area contributed by atoms with Gasteiger partial charge in [-0.2, -0.15) is 0 Å². The highest BCUT2D eigenvalue weighted by atomic mass is 16.6. The Kier molecular flexibility index (Phi) is 5.59. The van der Waals surface area contributed by atoms with E-state index in [0.29, 0.717) is 24.1 Å². The number of anilines is 1. The molecule has 1 aliphatic heterocycles. The molecule has 158 valence electrons. The molecular formula is C19H22N6O5. The van der Waals surface area contributed by atoms with Crippen LogP contribution in [0.15, 0.2) is 43.0 Å². The molecule has 11 heteroatoms. The molecule has 5 atom stereocenters. The van der Waals surface area contributed by atoms with E-state index in [0.717, 1.165) is 5.56 Å². The number of rotatable bonds is 6. The van der Waals surface area contributed by atoms with Crippen LogP contribution in [-0.4, -0.2) is 71.7 Å². The van der Waals surface area contributed by atoms with Gasteiger partial charge in [0.05, 0.1) is 6.33 Å². The van der Waals surface area contributed by atoms with E-state index in [1.54, 1.807) is 0 Å². The zero-order valence-corrected chi connectivity index (χ0v) is 15.9. The maximum atomic E-state index is 12.3. The molecule has 1 unspecified atom stereocenters. The zero-order chi connectivity index (χ0) is 21.3. The lowest BCUT2D eigenvalue weighted by Crippen LogP contribution is -2.47. The molecule has 0 bridgehead atoms. The molecule has 0 aliphatic carbocycles. The lowest BCUT2D eigenvalue weighted by molar-refractivity contribution is -0.143. The maximum Gasteiger partial charge on any atom is 0.251 e. The summed E-state index contributed by atoms with van der Waals surface area (Å²) >= 11 is 0. The van der Waals surface area contributed by atoms with Crippen molar-refractivity contribution >= 4 is 22.9 Å². The third-order valence-electron chi connectivity index (χ3n) is 5.07. The number of carbonyl (C=O) groups excluding carboxylic acids is 1. The Morgan fingerprint density at radius 1 is 1.20 bits per heavy atom. The van der Waals surface area contributed by atoms with Crippen molar-refractivity contribution in [3.63, 3.8) is 0 Å². The first kappa shape index (κ1) is 20.2. The monoisotopic (exact) mass is 414 g/mol. The van der Waals surface area contributed by atoms with Crippen molar-refractivity contribution in [2.45, 2.75) is 37.1 Å². The van der Waals surface area contributed by atoms with Gasteiger partial charge in [-0.3, -0.25) is 9.36 Å². The van der Waals surface area contributed by atoms with Crippen LogP contribution in [0.1, 0.15) is 11.8 Å². The predicted octanol–water partition coefficient (Wildman–Crippen LogP) is -1.25. The molecule has 30 heavy (non-hydrogen) atoms. The van der Waals surface area contributed by atoms with Crippen LogP contribution in [0.2, 0.25) is 0 Å². The van der Waals surface area contributed by atoms with Crippen LogP contribution < -0.4 is 11.1 Å². The van der Waals surface area contributed by atoms with E-state index < -0.39 is 36.6 Å². The van der Waals surface area contributed by atoms with Gasteiger partial charge in [0.15, 0.2) is 23.8 Å². The summed E-state index contributed by atoms with van der Waals surface area (Å²) in [7, 11) is 0. The summed E-state index contributed by atoms with van der Waals surface area (Å²) in [5.74, 6) is -0.550. The molecule has 0 spiro atoms. The number of aromatic nitrogens is 4. The molecule has 2 aromatic heterocycles. The molecule has 1 aromatic carbocycles. The van der Waals surface area contributed by atoms with Gasteiger partial charge in [0.25, 0.3) is 5.91 Å². The molecule has 3 aromatic rings. The van der Waals surface area contributed by atoms with Crippen LogP contribution in [0.25, 0.3) is 11.2 Å². The number of aliphatic hydroxyl groups is 3. The maximum absolute atomic E-state index is 12.3. The second-order valence-corrected chi connectivity index (χ2v) is 7.03. The van der Waals surface area contributed by atoms with Crippen molar-refractivity contribution < 1.29 is 24.9 Å². The Balaban J connectivity index is 1.43. The van der Waals surface area contributed by atoms with Gasteiger partial charge in [0, 0.05) is 6.54 Å². The lowest BCUT2D eigenvalue weighted by Gasteiger charge is -2.20. The van der Waals surface area contributed by atoms with E-state index in [1.807, 2.05) is 30.3 Å². The van der Waals surface area contributed by atoms with Crippen molar-refractivity contribution in [3.05, 3.63) is 48.5 Å². The Morgan fingerprint density at radius 3 is 2.73 bits per heavy atom. The number of carbonyl (C=O) groups is 1. The van der Waals surface area contributed by atoms with E-state index in [2.05, 4.69) is 20.3 Å². The standard InChI is InChI=1S/C19H22N6O5/c20-16-11-17(23-8-22-16)25(9-24-11)19-13(27)12(26)15(30-19)14(28)18(29)21-7-6-10-4-2-1-3-5-10/h1-5,8-9,12-15,19,26-28H,6-7H2,(H,21,29)(H2,20,22,23)/t12-,13+,14?,15-,19+/m0/s1. The Hall–Kier alpha value is -3.12. The number of nitrogen functional groups attached to an aromatic ring is 1. The summed E-state index contributed by atoms with van der Waals surface area (Å²) < 4.78 is 7.01. The van der Waals surface area contributed by atoms with Gasteiger partial charge >= 0.3 is 0 Å². The van der Waals surface area contributed by atoms with Gasteiger partial charge in [-0.05, 0) is 12.0 Å². The molecule has 1 amide bonds. The average Bonchev–Trinajstić information content (AvgIpc) is 3.30. The van der Waals surface area contributed by atoms with Crippen LogP contribution in [0.3, 0.4) is 0 Å². The molecule has 4 rings (SSSR count). The minimum absolute atomic E-state index is 0.154. The van der Waals surface area contributed by atoms with Crippen LogP contribution in [0.4, 0.5) is 5.82 Å². The van der Waals surface area contributed by atoms with Crippen LogP contribution in [-0.2, 0) is 16.0 Å². The summed E-state index contributed by atoms with van der Waals surface area (Å²) in [5, 5.41) is 33.8. The minimum Gasteiger partial charge on any atom is -0.387 e. The molecule has 6 N–H and O–H groups in total. The Morgan fingerprint density at radius 2 is 1.97 bits per heavy atom. The quantitative estimate of drug-likeness (QED) is 0.331. The molecule has 1 saturated heterocycles. The third-order valence-corrected chi connectivity index (χ3v) is 5.07. The highest BCUT2D eigenvalue weighted by molar-refractivity contribution is 5.82. The third kappa shape index (κ3) is 3.71. The number of aliphatic hydroxyl groups excluding tert-OH is 3. The Bertz CT molecular complexity index is 1030. The van der Waals surface area contributed by atoms with E-state index in [9.17, 15) is 20.1 Å². The number of nitrogens with two attached hydrogens (primary N) is 1. The molecule has 1 fully saturated rings. The van der Waals surface area contributed by atoms with Gasteiger partial charge in [-0.15, -0.1) is 0 Å². The molecule has 3 heterocycles. The van der Waals surface area contributed by atoms with Crippen LogP contribution in [0.5, 0.6) is 0 Å². The smallest absolute Gasteiger partial charge is 0.251 e. The van der Waals surface area contributed by atoms with Crippen molar-refractivity contribution in [2.24, 2.45) is 0 Å². The highest BCUT2D eigenvalue weighted by Gasteiger charge is 2.49. The number of imidazole rings is 1. The number of hydrogen-bond donors (Lipinski definition) is 5. The van der Waals surface area contributed by atoms with Gasteiger partial charge < -0.3 is 31.1 Å². The number of fused-ring (bicyclic) bond motifs is 1. The van der Waals surface area contributed by atoms with E-state index in [-0.39, 0.29) is 5.82 Å². The van der Waals surface area contributed by atoms with Crippen LogP contribution in [0, 0.1) is 0 Å². The Labute approximate surface area is 171 Å². The van der Waals surface area contributed by atoms with Crippen LogP contribution >= 0.6 is 0 Å². The van der Waals surface area contributed by atoms with Crippen molar-refractivity contribution in [1.29, 1.82) is 0 Å². The number of amides is 1. The molecule has 1 aliphatic rings. The second-order valence-electron chi connectivity index (χ2n) is 7.03. The van der Waals surface area contributed by atoms with Gasteiger partial charge in [-0.25, -0.2) is 15.0 Å². The largest absolute Gasteiger partial charge is 0.387 e. The zero-order valence-electron chi connectivity index (χ0n) is 15.9. The fraction of sp³-hybridized carbons (Fsp3) is 0.368.